The number of amides is 1. The maximum absolute atomic E-state index is 12.9. The molecule has 0 aliphatic carbocycles. The molecule has 2 rings (SSSR count). The molecular weight excluding hydrogens is 292 g/mol. The van der Waals surface area contributed by atoms with E-state index in [-0.39, 0.29) is 22.0 Å². The number of carbonyl (C=O) groups is 1. The summed E-state index contributed by atoms with van der Waals surface area (Å²) in [6, 6.07) is 5.59. The Morgan fingerprint density at radius 2 is 1.85 bits per heavy atom. The van der Waals surface area contributed by atoms with Crippen LogP contribution in [0.3, 0.4) is 0 Å². The Labute approximate surface area is 116 Å². The summed E-state index contributed by atoms with van der Waals surface area (Å²) >= 11 is 5.68. The third-order valence-electron chi connectivity index (χ3n) is 2.33. The van der Waals surface area contributed by atoms with Crippen LogP contribution in [-0.4, -0.2) is 10.9 Å². The van der Waals surface area contributed by atoms with E-state index in [1.807, 2.05) is 0 Å². The summed E-state index contributed by atoms with van der Waals surface area (Å²) in [6.07, 6.45) is 0. The molecule has 0 atom stereocenters. The van der Waals surface area contributed by atoms with E-state index in [2.05, 4.69) is 15.5 Å². The number of rotatable bonds is 3. The number of aromatic nitrogens is 1. The van der Waals surface area contributed by atoms with Crippen LogP contribution in [0, 0.1) is 16.8 Å². The van der Waals surface area contributed by atoms with Crippen molar-refractivity contribution >= 4 is 28.9 Å². The normalized spacial score (nSPS) is 10.2. The summed E-state index contributed by atoms with van der Waals surface area (Å²) < 4.78 is 25.8. The Morgan fingerprint density at radius 1 is 1.20 bits per heavy atom. The number of anilines is 1. The molecule has 102 valence electrons. The van der Waals surface area contributed by atoms with E-state index in [0.717, 1.165) is 12.1 Å². The number of pyridine rings is 1. The van der Waals surface area contributed by atoms with Crippen LogP contribution in [0.1, 0.15) is 10.4 Å². The van der Waals surface area contributed by atoms with Crippen LogP contribution in [0.4, 0.5) is 20.2 Å². The summed E-state index contributed by atoms with van der Waals surface area (Å²) in [7, 11) is 0. The summed E-state index contributed by atoms with van der Waals surface area (Å²) in [5.41, 5.74) is -0.0891. The summed E-state index contributed by atoms with van der Waals surface area (Å²) in [4.78, 5) is 25.1. The van der Waals surface area contributed by atoms with E-state index in [1.54, 1.807) is 0 Å². The van der Waals surface area contributed by atoms with Crippen molar-refractivity contribution in [2.75, 3.05) is 5.32 Å². The molecule has 5 nitrogen and oxygen atoms in total. The Balaban J connectivity index is 2.25. The second-order valence-electron chi connectivity index (χ2n) is 3.71. The van der Waals surface area contributed by atoms with Crippen LogP contribution in [0.25, 0.3) is 0 Å². The lowest BCUT2D eigenvalue weighted by atomic mass is 10.2. The number of halogens is 3. The Kier molecular flexibility index (Phi) is 3.99. The van der Waals surface area contributed by atoms with Crippen molar-refractivity contribution < 1.29 is 13.6 Å². The van der Waals surface area contributed by atoms with Crippen molar-refractivity contribution in [1.29, 1.82) is 0 Å². The molecule has 0 spiro atoms. The minimum atomic E-state index is -1.11. The van der Waals surface area contributed by atoms with E-state index in [1.165, 1.54) is 18.2 Å². The van der Waals surface area contributed by atoms with Crippen molar-refractivity contribution in [2.24, 2.45) is 5.18 Å². The number of hydrogen-bond donors (Lipinski definition) is 1. The Morgan fingerprint density at radius 3 is 2.45 bits per heavy atom. The van der Waals surface area contributed by atoms with Crippen LogP contribution in [0.5, 0.6) is 0 Å². The number of nitrogens with one attached hydrogen (secondary N) is 1. The fourth-order valence-electron chi connectivity index (χ4n) is 1.46. The third kappa shape index (κ3) is 3.12. The highest BCUT2D eigenvalue weighted by atomic mass is 35.5. The zero-order chi connectivity index (χ0) is 14.7. The first-order valence-corrected chi connectivity index (χ1v) is 5.65. The molecule has 1 amide bonds. The monoisotopic (exact) mass is 297 g/mol. The van der Waals surface area contributed by atoms with Crippen molar-refractivity contribution in [3.63, 3.8) is 0 Å². The molecule has 0 saturated carbocycles. The maximum atomic E-state index is 12.9. The SMILES string of the molecule is O=Nc1cc(NC(=O)c2cc(F)nc(F)c2)ccc1Cl. The highest BCUT2D eigenvalue weighted by Crippen LogP contribution is 2.28. The molecule has 0 aliphatic rings. The van der Waals surface area contributed by atoms with Gasteiger partial charge in [0.25, 0.3) is 5.91 Å². The van der Waals surface area contributed by atoms with Gasteiger partial charge >= 0.3 is 0 Å². The minimum Gasteiger partial charge on any atom is -0.322 e. The number of nitroso groups, excluding NO2 is 1. The van der Waals surface area contributed by atoms with Crippen LogP contribution >= 0.6 is 11.6 Å². The molecule has 1 aromatic heterocycles. The van der Waals surface area contributed by atoms with Gasteiger partial charge in [0, 0.05) is 23.4 Å². The molecule has 8 heteroatoms. The largest absolute Gasteiger partial charge is 0.322 e. The predicted octanol–water partition coefficient (Wildman–Crippen LogP) is 3.66. The molecular formula is C12H6ClF2N3O2. The lowest BCUT2D eigenvalue weighted by Gasteiger charge is -2.06. The molecule has 20 heavy (non-hydrogen) atoms. The molecule has 1 aromatic carbocycles. The van der Waals surface area contributed by atoms with E-state index in [9.17, 15) is 18.5 Å². The second-order valence-corrected chi connectivity index (χ2v) is 4.12. The fourth-order valence-corrected chi connectivity index (χ4v) is 1.61. The molecule has 0 fully saturated rings. The van der Waals surface area contributed by atoms with Gasteiger partial charge in [-0.2, -0.15) is 13.8 Å². The fraction of sp³-hybridized carbons (Fsp3) is 0. The molecule has 0 saturated heterocycles. The van der Waals surface area contributed by atoms with Crippen LogP contribution < -0.4 is 5.32 Å². The van der Waals surface area contributed by atoms with Gasteiger partial charge in [-0.25, -0.2) is 0 Å². The molecule has 0 unspecified atom stereocenters. The molecule has 0 radical (unpaired) electrons. The topological polar surface area (TPSA) is 71.4 Å². The van der Waals surface area contributed by atoms with Gasteiger partial charge in [-0.3, -0.25) is 4.79 Å². The average Bonchev–Trinajstić information content (AvgIpc) is 2.39. The average molecular weight is 298 g/mol. The highest BCUT2D eigenvalue weighted by molar-refractivity contribution is 6.33. The van der Waals surface area contributed by atoms with Gasteiger partial charge in [-0.15, -0.1) is 4.91 Å². The summed E-state index contributed by atoms with van der Waals surface area (Å²) in [6.45, 7) is 0. The van der Waals surface area contributed by atoms with E-state index in [4.69, 9.17) is 11.6 Å². The quantitative estimate of drug-likeness (QED) is 0.694. The van der Waals surface area contributed by atoms with Gasteiger partial charge in [-0.05, 0) is 23.4 Å². The van der Waals surface area contributed by atoms with Gasteiger partial charge in [0.2, 0.25) is 11.9 Å². The standard InChI is InChI=1S/C12H6ClF2N3O2/c13-8-2-1-7(5-9(8)18-20)16-12(19)6-3-10(14)17-11(15)4-6/h1-5H,(H,16,19). The first kappa shape index (κ1) is 14.0. The molecule has 1 N–H and O–H groups in total. The summed E-state index contributed by atoms with van der Waals surface area (Å²) in [5, 5.41) is 5.16. The van der Waals surface area contributed by atoms with Gasteiger partial charge in [0.15, 0.2) is 0 Å². The number of carbonyl (C=O) groups excluding carboxylic acids is 1. The first-order chi connectivity index (χ1) is 9.49. The van der Waals surface area contributed by atoms with Crippen LogP contribution in [0.15, 0.2) is 35.5 Å². The van der Waals surface area contributed by atoms with Crippen molar-refractivity contribution in [2.45, 2.75) is 0 Å². The zero-order valence-electron chi connectivity index (χ0n) is 9.73. The molecule has 0 aliphatic heterocycles. The van der Waals surface area contributed by atoms with Gasteiger partial charge < -0.3 is 5.32 Å². The van der Waals surface area contributed by atoms with Gasteiger partial charge in [0.05, 0.1) is 5.02 Å². The first-order valence-electron chi connectivity index (χ1n) is 5.27. The lowest BCUT2D eigenvalue weighted by Crippen LogP contribution is -2.13. The summed E-state index contributed by atoms with van der Waals surface area (Å²) in [5.74, 6) is -2.98. The van der Waals surface area contributed by atoms with Gasteiger partial charge in [-0.1, -0.05) is 11.6 Å². The predicted molar refractivity (Wildman–Crippen MR) is 69.0 cm³/mol. The zero-order valence-corrected chi connectivity index (χ0v) is 10.5. The van der Waals surface area contributed by atoms with Crippen molar-refractivity contribution in [3.05, 3.63) is 57.7 Å². The van der Waals surface area contributed by atoms with Crippen molar-refractivity contribution in [3.8, 4) is 0 Å². The third-order valence-corrected chi connectivity index (χ3v) is 2.65. The van der Waals surface area contributed by atoms with Crippen LogP contribution in [0.2, 0.25) is 5.02 Å². The van der Waals surface area contributed by atoms with E-state index < -0.39 is 17.8 Å². The Hall–Kier alpha value is -2.41. The van der Waals surface area contributed by atoms with Crippen molar-refractivity contribution in [1.82, 2.24) is 4.98 Å². The Bertz CT molecular complexity index is 674. The highest BCUT2D eigenvalue weighted by Gasteiger charge is 2.11. The smallest absolute Gasteiger partial charge is 0.255 e. The van der Waals surface area contributed by atoms with Gasteiger partial charge in [0.1, 0.15) is 5.69 Å². The second kappa shape index (κ2) is 5.70. The number of hydrogen-bond acceptors (Lipinski definition) is 4. The molecule has 1 heterocycles. The number of benzene rings is 1. The maximum Gasteiger partial charge on any atom is 0.255 e. The number of nitrogens with zero attached hydrogens (tertiary/aromatic N) is 2. The van der Waals surface area contributed by atoms with E-state index >= 15 is 0 Å². The molecule has 2 aromatic rings. The lowest BCUT2D eigenvalue weighted by molar-refractivity contribution is 0.102. The minimum absolute atomic E-state index is 0.0587. The van der Waals surface area contributed by atoms with E-state index in [0.29, 0.717) is 0 Å². The molecule has 0 bridgehead atoms. The van der Waals surface area contributed by atoms with Crippen LogP contribution in [-0.2, 0) is 0 Å².